The molecular weight excluding hydrogens is 332 g/mol. The van der Waals surface area contributed by atoms with Crippen molar-refractivity contribution < 1.29 is 14.5 Å². The lowest BCUT2D eigenvalue weighted by Crippen LogP contribution is -2.12. The smallest absolute Gasteiger partial charge is 0.269 e. The van der Waals surface area contributed by atoms with Crippen molar-refractivity contribution in [1.82, 2.24) is 0 Å². The van der Waals surface area contributed by atoms with Gasteiger partial charge in [-0.1, -0.05) is 26.2 Å². The fourth-order valence-corrected chi connectivity index (χ4v) is 2.52. The zero-order valence-corrected chi connectivity index (χ0v) is 15.2. The fourth-order valence-electron chi connectivity index (χ4n) is 2.52. The number of hydrogen-bond acceptors (Lipinski definition) is 4. The molecular formula is C20H24N2O4. The first kappa shape index (κ1) is 19.4. The van der Waals surface area contributed by atoms with Gasteiger partial charge in [0.1, 0.15) is 5.75 Å². The molecule has 0 fully saturated rings. The summed E-state index contributed by atoms with van der Waals surface area (Å²) in [5, 5.41) is 13.5. The second-order valence-electron chi connectivity index (χ2n) is 6.14. The Morgan fingerprint density at radius 3 is 2.46 bits per heavy atom. The number of nitrogens with one attached hydrogen (secondary N) is 1. The van der Waals surface area contributed by atoms with Crippen LogP contribution >= 0.6 is 0 Å². The average molecular weight is 356 g/mol. The van der Waals surface area contributed by atoms with E-state index in [0.717, 1.165) is 18.6 Å². The molecule has 26 heavy (non-hydrogen) atoms. The number of carbonyl (C=O) groups excluding carboxylic acids is 1. The minimum Gasteiger partial charge on any atom is -0.494 e. The van der Waals surface area contributed by atoms with Crippen molar-refractivity contribution in [2.75, 3.05) is 11.9 Å². The Bertz CT molecular complexity index is 757. The number of nitro groups is 1. The van der Waals surface area contributed by atoms with Crippen molar-refractivity contribution in [3.8, 4) is 5.75 Å². The molecule has 0 aliphatic carbocycles. The highest BCUT2D eigenvalue weighted by atomic mass is 16.6. The number of anilines is 1. The lowest BCUT2D eigenvalue weighted by atomic mass is 10.1. The van der Waals surface area contributed by atoms with Crippen LogP contribution in [0.25, 0.3) is 0 Å². The minimum atomic E-state index is -0.459. The molecule has 0 heterocycles. The molecule has 0 aromatic heterocycles. The Morgan fingerprint density at radius 1 is 1.12 bits per heavy atom. The normalized spacial score (nSPS) is 10.4. The summed E-state index contributed by atoms with van der Waals surface area (Å²) >= 11 is 0. The van der Waals surface area contributed by atoms with E-state index in [9.17, 15) is 14.9 Å². The summed E-state index contributed by atoms with van der Waals surface area (Å²) in [6, 6.07) is 11.3. The van der Waals surface area contributed by atoms with Crippen molar-refractivity contribution in [2.24, 2.45) is 0 Å². The van der Waals surface area contributed by atoms with Crippen molar-refractivity contribution in [1.29, 1.82) is 0 Å². The summed E-state index contributed by atoms with van der Waals surface area (Å²) < 4.78 is 5.66. The third kappa shape index (κ3) is 5.58. The number of unbranched alkanes of at least 4 members (excludes halogenated alkanes) is 3. The first-order valence-electron chi connectivity index (χ1n) is 8.80. The van der Waals surface area contributed by atoms with Crippen LogP contribution in [-0.2, 0) is 0 Å². The summed E-state index contributed by atoms with van der Waals surface area (Å²) in [6.07, 6.45) is 4.59. The SMILES string of the molecule is CCCCCCOc1ccc(C(=O)Nc2ccc([N+](=O)[O-])cc2C)cc1. The largest absolute Gasteiger partial charge is 0.494 e. The monoisotopic (exact) mass is 356 g/mol. The standard InChI is InChI=1S/C20H24N2O4/c1-3-4-5-6-13-26-18-10-7-16(8-11-18)20(23)21-19-12-9-17(22(24)25)14-15(19)2/h7-12,14H,3-6,13H2,1-2H3,(H,21,23). The molecule has 2 aromatic rings. The number of aryl methyl sites for hydroxylation is 1. The summed E-state index contributed by atoms with van der Waals surface area (Å²) in [5.41, 5.74) is 1.69. The van der Waals surface area contributed by atoms with Gasteiger partial charge in [-0.05, 0) is 49.2 Å². The van der Waals surface area contributed by atoms with E-state index in [0.29, 0.717) is 23.4 Å². The van der Waals surface area contributed by atoms with E-state index in [1.807, 2.05) is 0 Å². The second-order valence-corrected chi connectivity index (χ2v) is 6.14. The molecule has 2 rings (SSSR count). The van der Waals surface area contributed by atoms with Gasteiger partial charge in [0.05, 0.1) is 11.5 Å². The van der Waals surface area contributed by atoms with Gasteiger partial charge in [-0.15, -0.1) is 0 Å². The molecule has 0 unspecified atom stereocenters. The molecule has 0 aliphatic rings. The number of non-ortho nitro benzene ring substituents is 1. The van der Waals surface area contributed by atoms with E-state index < -0.39 is 4.92 Å². The van der Waals surface area contributed by atoms with Crippen LogP contribution in [0.4, 0.5) is 11.4 Å². The number of nitrogens with zero attached hydrogens (tertiary/aromatic N) is 1. The van der Waals surface area contributed by atoms with Gasteiger partial charge in [0.25, 0.3) is 11.6 Å². The molecule has 138 valence electrons. The quantitative estimate of drug-likeness (QED) is 0.384. The first-order chi connectivity index (χ1) is 12.5. The van der Waals surface area contributed by atoms with Gasteiger partial charge in [-0.25, -0.2) is 0 Å². The first-order valence-corrected chi connectivity index (χ1v) is 8.80. The number of ether oxygens (including phenoxy) is 1. The number of carbonyl (C=O) groups is 1. The molecule has 0 radical (unpaired) electrons. The Balaban J connectivity index is 1.92. The lowest BCUT2D eigenvalue weighted by Gasteiger charge is -2.09. The number of rotatable bonds is 9. The molecule has 2 aromatic carbocycles. The number of amides is 1. The van der Waals surface area contributed by atoms with E-state index in [1.165, 1.54) is 25.0 Å². The topological polar surface area (TPSA) is 81.5 Å². The lowest BCUT2D eigenvalue weighted by molar-refractivity contribution is -0.384. The molecule has 1 amide bonds. The van der Waals surface area contributed by atoms with E-state index in [4.69, 9.17) is 4.74 Å². The van der Waals surface area contributed by atoms with Gasteiger partial charge in [-0.2, -0.15) is 0 Å². The van der Waals surface area contributed by atoms with Crippen LogP contribution in [0.3, 0.4) is 0 Å². The van der Waals surface area contributed by atoms with Gasteiger partial charge >= 0.3 is 0 Å². The molecule has 0 saturated carbocycles. The van der Waals surface area contributed by atoms with E-state index in [2.05, 4.69) is 12.2 Å². The van der Waals surface area contributed by atoms with Crippen molar-refractivity contribution >= 4 is 17.3 Å². The zero-order valence-electron chi connectivity index (χ0n) is 15.2. The fraction of sp³-hybridized carbons (Fsp3) is 0.350. The zero-order chi connectivity index (χ0) is 18.9. The number of hydrogen-bond donors (Lipinski definition) is 1. The second kappa shape index (κ2) is 9.56. The van der Waals surface area contributed by atoms with Gasteiger partial charge in [-0.3, -0.25) is 14.9 Å². The van der Waals surface area contributed by atoms with Gasteiger partial charge in [0.2, 0.25) is 0 Å². The molecule has 1 N–H and O–H groups in total. The predicted molar refractivity (Wildman–Crippen MR) is 102 cm³/mol. The third-order valence-electron chi connectivity index (χ3n) is 4.05. The summed E-state index contributed by atoms with van der Waals surface area (Å²) in [5.74, 6) is 0.473. The Morgan fingerprint density at radius 2 is 1.85 bits per heavy atom. The van der Waals surface area contributed by atoms with Crippen LogP contribution < -0.4 is 10.1 Å². The van der Waals surface area contributed by atoms with Gasteiger partial charge in [0.15, 0.2) is 0 Å². The van der Waals surface area contributed by atoms with Crippen molar-refractivity contribution in [3.63, 3.8) is 0 Å². The molecule has 0 atom stereocenters. The van der Waals surface area contributed by atoms with Gasteiger partial charge < -0.3 is 10.1 Å². The molecule has 0 bridgehead atoms. The Hall–Kier alpha value is -2.89. The number of nitro benzene ring substituents is 1. The highest BCUT2D eigenvalue weighted by Gasteiger charge is 2.11. The molecule has 0 aliphatic heterocycles. The van der Waals surface area contributed by atoms with Crippen molar-refractivity contribution in [2.45, 2.75) is 39.5 Å². The Labute approximate surface area is 153 Å². The van der Waals surface area contributed by atoms with Crippen LogP contribution in [0.5, 0.6) is 5.75 Å². The van der Waals surface area contributed by atoms with E-state index in [1.54, 1.807) is 37.3 Å². The highest BCUT2D eigenvalue weighted by molar-refractivity contribution is 6.04. The van der Waals surface area contributed by atoms with Crippen molar-refractivity contribution in [3.05, 3.63) is 63.7 Å². The maximum atomic E-state index is 12.3. The summed E-state index contributed by atoms with van der Waals surface area (Å²) in [4.78, 5) is 22.7. The molecule has 0 spiro atoms. The Kier molecular flexibility index (Phi) is 7.14. The van der Waals surface area contributed by atoms with Crippen LogP contribution in [-0.4, -0.2) is 17.4 Å². The predicted octanol–water partition coefficient (Wildman–Crippen LogP) is 5.11. The third-order valence-corrected chi connectivity index (χ3v) is 4.05. The summed E-state index contributed by atoms with van der Waals surface area (Å²) in [7, 11) is 0. The van der Waals surface area contributed by atoms with Crippen LogP contribution in [0.1, 0.15) is 48.5 Å². The van der Waals surface area contributed by atoms with Crippen LogP contribution in [0, 0.1) is 17.0 Å². The molecule has 6 nitrogen and oxygen atoms in total. The maximum Gasteiger partial charge on any atom is 0.269 e. The van der Waals surface area contributed by atoms with Gasteiger partial charge in [0, 0.05) is 23.4 Å². The van der Waals surface area contributed by atoms with E-state index in [-0.39, 0.29) is 11.6 Å². The molecule has 0 saturated heterocycles. The average Bonchev–Trinajstić information content (AvgIpc) is 2.63. The minimum absolute atomic E-state index is 0.000868. The maximum absolute atomic E-state index is 12.3. The summed E-state index contributed by atoms with van der Waals surface area (Å²) in [6.45, 7) is 4.56. The van der Waals surface area contributed by atoms with Crippen LogP contribution in [0.15, 0.2) is 42.5 Å². The van der Waals surface area contributed by atoms with Crippen LogP contribution in [0.2, 0.25) is 0 Å². The highest BCUT2D eigenvalue weighted by Crippen LogP contribution is 2.22. The molecule has 6 heteroatoms. The van der Waals surface area contributed by atoms with E-state index >= 15 is 0 Å². The number of benzene rings is 2.